The maximum atomic E-state index is 9.34. The third-order valence-corrected chi connectivity index (χ3v) is 3.56. The van der Waals surface area contributed by atoms with Crippen LogP contribution in [0.15, 0.2) is 24.3 Å². The fourth-order valence-electron chi connectivity index (χ4n) is 2.73. The molecule has 1 aromatic carbocycles. The van der Waals surface area contributed by atoms with Crippen molar-refractivity contribution in [1.29, 1.82) is 0 Å². The first-order chi connectivity index (χ1) is 7.06. The topological polar surface area (TPSA) is 46.2 Å². The highest BCUT2D eigenvalue weighted by molar-refractivity contribution is 5.38. The van der Waals surface area contributed by atoms with Crippen molar-refractivity contribution < 1.29 is 5.11 Å². The molecule has 2 atom stereocenters. The lowest BCUT2D eigenvalue weighted by Gasteiger charge is -2.40. The standard InChI is InChI=1S/C13H19NO/c1-13(2)7-9(8-15)12(14)10-5-3-4-6-11(10)13/h3-6,9,12,15H,7-8,14H2,1-2H3. The summed E-state index contributed by atoms with van der Waals surface area (Å²) in [5.74, 6) is 0.190. The Hall–Kier alpha value is -0.860. The fourth-order valence-corrected chi connectivity index (χ4v) is 2.73. The summed E-state index contributed by atoms with van der Waals surface area (Å²) in [5.41, 5.74) is 8.82. The molecule has 0 saturated heterocycles. The van der Waals surface area contributed by atoms with Crippen LogP contribution in [0.2, 0.25) is 0 Å². The van der Waals surface area contributed by atoms with Crippen molar-refractivity contribution in [3.05, 3.63) is 35.4 Å². The van der Waals surface area contributed by atoms with Gasteiger partial charge in [-0.15, -0.1) is 0 Å². The summed E-state index contributed by atoms with van der Waals surface area (Å²) in [5, 5.41) is 9.34. The average molecular weight is 205 g/mol. The van der Waals surface area contributed by atoms with Crippen LogP contribution in [0.3, 0.4) is 0 Å². The molecule has 0 heterocycles. The molecule has 2 unspecified atom stereocenters. The first-order valence-electron chi connectivity index (χ1n) is 5.52. The second kappa shape index (κ2) is 3.62. The Morgan fingerprint density at radius 3 is 2.73 bits per heavy atom. The summed E-state index contributed by atoms with van der Waals surface area (Å²) in [6.45, 7) is 4.62. The van der Waals surface area contributed by atoms with Gasteiger partial charge in [-0.2, -0.15) is 0 Å². The smallest absolute Gasteiger partial charge is 0.0477 e. The van der Waals surface area contributed by atoms with Crippen LogP contribution in [-0.4, -0.2) is 11.7 Å². The van der Waals surface area contributed by atoms with Gasteiger partial charge < -0.3 is 10.8 Å². The fraction of sp³-hybridized carbons (Fsp3) is 0.538. The minimum absolute atomic E-state index is 0.0146. The molecule has 0 spiro atoms. The van der Waals surface area contributed by atoms with Gasteiger partial charge in [0, 0.05) is 18.6 Å². The number of hydrogen-bond donors (Lipinski definition) is 2. The Morgan fingerprint density at radius 2 is 2.07 bits per heavy atom. The Balaban J connectivity index is 2.50. The number of fused-ring (bicyclic) bond motifs is 1. The zero-order chi connectivity index (χ0) is 11.1. The molecule has 1 aliphatic rings. The van der Waals surface area contributed by atoms with Crippen LogP contribution in [0.1, 0.15) is 37.4 Å². The summed E-state index contributed by atoms with van der Waals surface area (Å²) in [7, 11) is 0. The number of aliphatic hydroxyl groups is 1. The first kappa shape index (κ1) is 10.7. The highest BCUT2D eigenvalue weighted by Crippen LogP contribution is 2.43. The van der Waals surface area contributed by atoms with Gasteiger partial charge in [-0.3, -0.25) is 0 Å². The summed E-state index contributed by atoms with van der Waals surface area (Å²) in [6.07, 6.45) is 0.960. The van der Waals surface area contributed by atoms with E-state index in [1.807, 2.05) is 6.07 Å². The minimum atomic E-state index is -0.0146. The van der Waals surface area contributed by atoms with Gasteiger partial charge in [-0.25, -0.2) is 0 Å². The average Bonchev–Trinajstić information content (AvgIpc) is 2.24. The Morgan fingerprint density at radius 1 is 1.40 bits per heavy atom. The SMILES string of the molecule is CC1(C)CC(CO)C(N)c2ccccc21. The van der Waals surface area contributed by atoms with Crippen LogP contribution in [0.25, 0.3) is 0 Å². The van der Waals surface area contributed by atoms with Gasteiger partial charge >= 0.3 is 0 Å². The molecule has 2 heteroatoms. The summed E-state index contributed by atoms with van der Waals surface area (Å²) >= 11 is 0. The van der Waals surface area contributed by atoms with Gasteiger partial charge in [-0.1, -0.05) is 38.1 Å². The Kier molecular flexibility index (Phi) is 2.57. The van der Waals surface area contributed by atoms with E-state index in [4.69, 9.17) is 5.73 Å². The van der Waals surface area contributed by atoms with Crippen LogP contribution < -0.4 is 5.73 Å². The summed E-state index contributed by atoms with van der Waals surface area (Å²) in [4.78, 5) is 0. The molecule has 0 aliphatic heterocycles. The monoisotopic (exact) mass is 205 g/mol. The Labute approximate surface area is 91.1 Å². The second-order valence-electron chi connectivity index (χ2n) is 5.14. The third kappa shape index (κ3) is 1.68. The lowest BCUT2D eigenvalue weighted by atomic mass is 9.67. The van der Waals surface area contributed by atoms with Crippen LogP contribution in [0, 0.1) is 5.92 Å². The molecule has 2 nitrogen and oxygen atoms in total. The van der Waals surface area contributed by atoms with E-state index in [1.54, 1.807) is 0 Å². The van der Waals surface area contributed by atoms with Crippen molar-refractivity contribution >= 4 is 0 Å². The lowest BCUT2D eigenvalue weighted by Crippen LogP contribution is -2.38. The molecule has 3 N–H and O–H groups in total. The molecule has 0 bridgehead atoms. The zero-order valence-corrected chi connectivity index (χ0v) is 9.40. The number of rotatable bonds is 1. The molecule has 0 aromatic heterocycles. The molecule has 0 amide bonds. The van der Waals surface area contributed by atoms with Gasteiger partial charge in [0.05, 0.1) is 0 Å². The van der Waals surface area contributed by atoms with Crippen LogP contribution in [0.5, 0.6) is 0 Å². The minimum Gasteiger partial charge on any atom is -0.396 e. The van der Waals surface area contributed by atoms with E-state index in [0.717, 1.165) is 6.42 Å². The van der Waals surface area contributed by atoms with Gasteiger partial charge in [0.15, 0.2) is 0 Å². The number of hydrogen-bond acceptors (Lipinski definition) is 2. The molecule has 0 saturated carbocycles. The van der Waals surface area contributed by atoms with Crippen molar-refractivity contribution in [2.24, 2.45) is 11.7 Å². The van der Waals surface area contributed by atoms with E-state index in [9.17, 15) is 5.11 Å². The third-order valence-electron chi connectivity index (χ3n) is 3.56. The molecule has 82 valence electrons. The van der Waals surface area contributed by atoms with E-state index in [-0.39, 0.29) is 24.0 Å². The van der Waals surface area contributed by atoms with Gasteiger partial charge in [0.1, 0.15) is 0 Å². The van der Waals surface area contributed by atoms with Crippen molar-refractivity contribution in [3.8, 4) is 0 Å². The second-order valence-corrected chi connectivity index (χ2v) is 5.14. The van der Waals surface area contributed by atoms with Crippen molar-refractivity contribution in [2.75, 3.05) is 6.61 Å². The largest absolute Gasteiger partial charge is 0.396 e. The van der Waals surface area contributed by atoms with E-state index in [0.29, 0.717) is 0 Å². The van der Waals surface area contributed by atoms with Gasteiger partial charge in [0.2, 0.25) is 0 Å². The molecule has 1 aromatic rings. The summed E-state index contributed by atoms with van der Waals surface area (Å²) in [6, 6.07) is 8.31. The van der Waals surface area contributed by atoms with Crippen LogP contribution in [-0.2, 0) is 5.41 Å². The normalized spacial score (nSPS) is 28.5. The number of benzene rings is 1. The molecule has 1 aliphatic carbocycles. The Bertz CT molecular complexity index is 359. The van der Waals surface area contributed by atoms with E-state index < -0.39 is 0 Å². The van der Waals surface area contributed by atoms with Crippen molar-refractivity contribution in [3.63, 3.8) is 0 Å². The molecule has 0 radical (unpaired) electrons. The number of nitrogens with two attached hydrogens (primary N) is 1. The van der Waals surface area contributed by atoms with Crippen molar-refractivity contribution in [2.45, 2.75) is 31.7 Å². The highest BCUT2D eigenvalue weighted by Gasteiger charge is 2.36. The van der Waals surface area contributed by atoms with Gasteiger partial charge in [0.25, 0.3) is 0 Å². The van der Waals surface area contributed by atoms with E-state index >= 15 is 0 Å². The quantitative estimate of drug-likeness (QED) is 0.736. The zero-order valence-electron chi connectivity index (χ0n) is 9.40. The first-order valence-corrected chi connectivity index (χ1v) is 5.52. The predicted molar refractivity (Wildman–Crippen MR) is 61.6 cm³/mol. The van der Waals surface area contributed by atoms with Crippen LogP contribution in [0.4, 0.5) is 0 Å². The molecule has 15 heavy (non-hydrogen) atoms. The van der Waals surface area contributed by atoms with Gasteiger partial charge in [-0.05, 0) is 23.0 Å². The maximum Gasteiger partial charge on any atom is 0.0477 e. The van der Waals surface area contributed by atoms with E-state index in [1.165, 1.54) is 11.1 Å². The highest BCUT2D eigenvalue weighted by atomic mass is 16.3. The molecule has 2 rings (SSSR count). The van der Waals surface area contributed by atoms with Crippen molar-refractivity contribution in [1.82, 2.24) is 0 Å². The maximum absolute atomic E-state index is 9.34. The lowest BCUT2D eigenvalue weighted by molar-refractivity contribution is 0.162. The van der Waals surface area contributed by atoms with Crippen LogP contribution >= 0.6 is 0 Å². The molecule has 0 fully saturated rings. The molecular weight excluding hydrogens is 186 g/mol. The number of aliphatic hydroxyl groups excluding tert-OH is 1. The summed E-state index contributed by atoms with van der Waals surface area (Å²) < 4.78 is 0. The predicted octanol–water partition coefficient (Wildman–Crippen LogP) is 1.98. The van der Waals surface area contributed by atoms with E-state index in [2.05, 4.69) is 32.0 Å². The molecular formula is C13H19NO.